The lowest BCUT2D eigenvalue weighted by molar-refractivity contribution is 0.0553. The summed E-state index contributed by atoms with van der Waals surface area (Å²) in [6.07, 6.45) is 0.245. The van der Waals surface area contributed by atoms with E-state index in [0.29, 0.717) is 0 Å². The molecule has 438 valence electrons. The highest BCUT2D eigenvalue weighted by Gasteiger charge is 2.25. The summed E-state index contributed by atoms with van der Waals surface area (Å²) in [6.45, 7) is 10.9. The molecule has 0 aromatic heterocycles. The van der Waals surface area contributed by atoms with Crippen LogP contribution in [0.3, 0.4) is 0 Å². The molecule has 0 aliphatic carbocycles. The molecule has 0 spiro atoms. The Morgan fingerprint density at radius 3 is 0.646 bits per heavy atom. The van der Waals surface area contributed by atoms with E-state index in [4.69, 9.17) is 24.1 Å². The van der Waals surface area contributed by atoms with E-state index in [1.165, 1.54) is 66.8 Å². The maximum Gasteiger partial charge on any atom is 0.108 e. The van der Waals surface area contributed by atoms with Crippen LogP contribution in [-0.4, -0.2) is 113 Å². The molecule has 4 atom stereocenters. The highest BCUT2D eigenvalue weighted by atomic mass is 35.5. The Bertz CT molecular complexity index is 2580. The van der Waals surface area contributed by atoms with Gasteiger partial charge in [-0.3, -0.25) is 19.6 Å². The van der Waals surface area contributed by atoms with E-state index in [1.54, 1.807) is 0 Å². The Labute approximate surface area is 509 Å². The molecular formula is C70H87Cl3N4O5. The molecule has 12 heteroatoms. The van der Waals surface area contributed by atoms with Gasteiger partial charge in [-0.05, 0) is 95.0 Å². The summed E-state index contributed by atoms with van der Waals surface area (Å²) < 4.78 is 24.5. The highest BCUT2D eigenvalue weighted by molar-refractivity contribution is 5.86. The van der Waals surface area contributed by atoms with Crippen LogP contribution in [0, 0.1) is 0 Å². The fourth-order valence-electron chi connectivity index (χ4n) is 10.5. The molecule has 8 aromatic carbocycles. The minimum Gasteiger partial charge on any atom is -0.400 e. The largest absolute Gasteiger partial charge is 0.400 e. The second-order valence-corrected chi connectivity index (χ2v) is 20.4. The van der Waals surface area contributed by atoms with Crippen LogP contribution in [0.4, 0.5) is 0 Å². The molecule has 0 bridgehead atoms. The van der Waals surface area contributed by atoms with Crippen LogP contribution in [0.15, 0.2) is 218 Å². The summed E-state index contributed by atoms with van der Waals surface area (Å²) in [7, 11) is 9.57. The summed E-state index contributed by atoms with van der Waals surface area (Å²) >= 11 is 0. The number of ether oxygens (including phenoxy) is 4. The van der Waals surface area contributed by atoms with Gasteiger partial charge >= 0.3 is 0 Å². The van der Waals surface area contributed by atoms with Crippen molar-refractivity contribution in [2.24, 2.45) is 0 Å². The monoisotopic (exact) mass is 1170 g/mol. The maximum absolute atomic E-state index is 7.00. The van der Waals surface area contributed by atoms with E-state index in [2.05, 4.69) is 242 Å². The van der Waals surface area contributed by atoms with E-state index in [-0.39, 0.29) is 69.1 Å². The van der Waals surface area contributed by atoms with Crippen LogP contribution >= 0.6 is 37.2 Å². The van der Waals surface area contributed by atoms with Gasteiger partial charge in [0.25, 0.3) is 0 Å². The summed E-state index contributed by atoms with van der Waals surface area (Å²) in [4.78, 5) is 9.22. The summed E-state index contributed by atoms with van der Waals surface area (Å²) in [5, 5.41) is 7.00. The van der Waals surface area contributed by atoms with Crippen molar-refractivity contribution < 1.29 is 24.1 Å². The number of halogens is 3. The molecule has 4 aliphatic rings. The lowest BCUT2D eigenvalue weighted by Crippen LogP contribution is -2.27. The molecule has 9 nitrogen and oxygen atoms in total. The average Bonchev–Trinajstić information content (AvgIpc) is 3.50. The van der Waals surface area contributed by atoms with Crippen molar-refractivity contribution in [3.05, 3.63) is 285 Å². The van der Waals surface area contributed by atoms with Crippen molar-refractivity contribution in [3.63, 3.8) is 0 Å². The number of aliphatic hydroxyl groups excluding tert-OH is 1. The van der Waals surface area contributed by atoms with Gasteiger partial charge in [0, 0.05) is 59.5 Å². The quantitative estimate of drug-likeness (QED) is 0.186. The second-order valence-electron chi connectivity index (χ2n) is 20.4. The van der Waals surface area contributed by atoms with Crippen LogP contribution in [0.1, 0.15) is 98.6 Å². The predicted molar refractivity (Wildman–Crippen MR) is 345 cm³/mol. The fraction of sp³-hybridized carbons (Fsp3) is 0.314. The minimum atomic E-state index is 0. The number of rotatable bonds is 4. The first-order chi connectivity index (χ1) is 38.4. The van der Waals surface area contributed by atoms with Crippen molar-refractivity contribution >= 4 is 37.2 Å². The Morgan fingerprint density at radius 1 is 0.280 bits per heavy atom. The van der Waals surface area contributed by atoms with Gasteiger partial charge < -0.3 is 24.1 Å². The zero-order chi connectivity index (χ0) is 54.3. The van der Waals surface area contributed by atoms with Gasteiger partial charge in [-0.2, -0.15) is 0 Å². The van der Waals surface area contributed by atoms with Gasteiger partial charge in [-0.25, -0.2) is 0 Å². The first-order valence-electron chi connectivity index (χ1n) is 27.5. The normalized spacial score (nSPS) is 19.0. The van der Waals surface area contributed by atoms with Gasteiger partial charge in [0.15, 0.2) is 0 Å². The highest BCUT2D eigenvalue weighted by Crippen LogP contribution is 2.34. The molecule has 0 amide bonds. The molecule has 12 rings (SSSR count). The van der Waals surface area contributed by atoms with E-state index in [0.717, 1.165) is 85.9 Å². The summed E-state index contributed by atoms with van der Waals surface area (Å²) in [6, 6.07) is 76.3. The number of hydrogen-bond acceptors (Lipinski definition) is 9. The molecule has 0 fully saturated rings. The molecule has 8 aromatic rings. The first kappa shape index (κ1) is 68.8. The van der Waals surface area contributed by atoms with Crippen LogP contribution in [0.5, 0.6) is 0 Å². The van der Waals surface area contributed by atoms with Gasteiger partial charge in [0.2, 0.25) is 0 Å². The van der Waals surface area contributed by atoms with Gasteiger partial charge in [0.1, 0.15) is 24.4 Å². The number of nitrogens with zero attached hydrogens (tertiary/aromatic N) is 4. The van der Waals surface area contributed by atoms with E-state index in [1.807, 2.05) is 24.3 Å². The molecule has 2 unspecified atom stereocenters. The summed E-state index contributed by atoms with van der Waals surface area (Å²) in [5.74, 6) is 0. The molecule has 1 N–H and O–H groups in total. The first-order valence-corrected chi connectivity index (χ1v) is 27.5. The number of benzene rings is 8. The second kappa shape index (κ2) is 36.8. The Balaban J connectivity index is 0.000000229. The molecule has 82 heavy (non-hydrogen) atoms. The Morgan fingerprint density at radius 2 is 0.451 bits per heavy atom. The van der Waals surface area contributed by atoms with Crippen molar-refractivity contribution in [1.29, 1.82) is 0 Å². The topological polar surface area (TPSA) is 70.1 Å². The van der Waals surface area contributed by atoms with Crippen molar-refractivity contribution in [2.45, 2.75) is 58.0 Å². The third-order valence-corrected chi connectivity index (χ3v) is 14.6. The lowest BCUT2D eigenvalue weighted by atomic mass is 9.96. The SMILES string of the molecule is C.CN1CCOC(c2ccccc2)c2ccccc2C1.CN1CCOC(c2ccccc2)c2ccccc2C1.CN1CCO[C@H](c2ccccc2)c2ccccc2C1.CN1CCO[C@H](c2ccccc2)c2ccccc2C1.CO.Cl.Cl.Cl. The van der Waals surface area contributed by atoms with E-state index in [9.17, 15) is 0 Å². The third kappa shape index (κ3) is 19.7. The number of likely N-dealkylation sites (N-methyl/N-ethyl adjacent to an activating group) is 4. The zero-order valence-corrected chi connectivity index (χ0v) is 50.1. The predicted octanol–water partition coefficient (Wildman–Crippen LogP) is 14.5. The molecule has 4 aliphatic heterocycles. The zero-order valence-electron chi connectivity index (χ0n) is 47.7. The van der Waals surface area contributed by atoms with Gasteiger partial charge in [-0.1, -0.05) is 226 Å². The molecule has 4 heterocycles. The van der Waals surface area contributed by atoms with Crippen LogP contribution in [-0.2, 0) is 45.1 Å². The smallest absolute Gasteiger partial charge is 0.108 e. The molecule has 0 saturated heterocycles. The van der Waals surface area contributed by atoms with Crippen LogP contribution < -0.4 is 0 Å². The van der Waals surface area contributed by atoms with E-state index >= 15 is 0 Å². The fourth-order valence-corrected chi connectivity index (χ4v) is 10.5. The molecule has 0 radical (unpaired) electrons. The Kier molecular flexibility index (Phi) is 30.8. The third-order valence-electron chi connectivity index (χ3n) is 14.6. The van der Waals surface area contributed by atoms with Crippen molar-refractivity contribution in [3.8, 4) is 0 Å². The summed E-state index contributed by atoms with van der Waals surface area (Å²) in [5.41, 5.74) is 15.5. The van der Waals surface area contributed by atoms with Crippen LogP contribution in [0.25, 0.3) is 0 Å². The number of aliphatic hydroxyl groups is 1. The maximum atomic E-state index is 7.00. The van der Waals surface area contributed by atoms with Gasteiger partial charge in [0.05, 0.1) is 26.4 Å². The standard InChI is InChI=1S/4C17H19NO.CH4O.CH4.3ClH/c4*1-18-11-12-19-17(14-7-3-2-4-8-14)16-10-6-5-9-15(16)13-18;1-2;;;;/h4*2-10,17H,11-13H2,1H3;2H,1H3;1H4;3*1H/t2*17-;;;;;;;/m11......./s1. The van der Waals surface area contributed by atoms with E-state index < -0.39 is 0 Å². The number of hydrogen-bond donors (Lipinski definition) is 1. The molecule has 0 saturated carbocycles. The lowest BCUT2D eigenvalue weighted by Gasteiger charge is -2.28. The van der Waals surface area contributed by atoms with Crippen molar-refractivity contribution in [1.82, 2.24) is 19.6 Å². The Hall–Kier alpha value is -5.73. The van der Waals surface area contributed by atoms with Crippen molar-refractivity contribution in [2.75, 3.05) is 87.9 Å². The van der Waals surface area contributed by atoms with Crippen LogP contribution in [0.2, 0.25) is 0 Å². The number of fused-ring (bicyclic) bond motifs is 4. The minimum absolute atomic E-state index is 0. The van der Waals surface area contributed by atoms with Gasteiger partial charge in [-0.15, -0.1) is 37.2 Å². The average molecular weight is 1170 g/mol. The molecular weight excluding hydrogens is 1080 g/mol.